The first-order valence-electron chi connectivity index (χ1n) is 6.51. The van der Waals surface area contributed by atoms with Gasteiger partial charge < -0.3 is 44.4 Å². The van der Waals surface area contributed by atoms with E-state index in [1.807, 2.05) is 19.8 Å². The minimum atomic E-state index is -1.73. The molecule has 1 N–H and O–H groups in total. The number of esters is 2. The fourth-order valence-corrected chi connectivity index (χ4v) is 1.21. The van der Waals surface area contributed by atoms with Crippen LogP contribution in [0.5, 0.6) is 0 Å². The number of halogens is 1. The van der Waals surface area contributed by atoms with Crippen molar-refractivity contribution in [2.45, 2.75) is 45.1 Å². The molecular weight excluding hydrogens is 392 g/mol. The van der Waals surface area contributed by atoms with E-state index in [-0.39, 0.29) is 52.9 Å². The molecule has 0 spiro atoms. The number of hydrogen-bond acceptors (Lipinski definition) is 6. The van der Waals surface area contributed by atoms with E-state index < -0.39 is 23.3 Å². The van der Waals surface area contributed by atoms with Crippen molar-refractivity contribution < 1.29 is 45.9 Å². The number of Topliss-reactive ketones (excluding diaryl/α,β-unsaturated/α-hetero) is 1. The molecule has 0 aliphatic carbocycles. The maximum absolute atomic E-state index is 10.8. The van der Waals surface area contributed by atoms with Crippen LogP contribution >= 0.6 is 0 Å². The zero-order chi connectivity index (χ0) is 18.2. The van der Waals surface area contributed by atoms with Gasteiger partial charge in [-0.15, -0.1) is 6.42 Å². The molecule has 0 fully saturated rings. The second-order valence-corrected chi connectivity index (χ2v) is 3.91. The van der Waals surface area contributed by atoms with Gasteiger partial charge in [-0.1, -0.05) is 26.2 Å². The molecule has 0 heterocycles. The molecule has 0 aliphatic heterocycles. The third-order valence-corrected chi connectivity index (χ3v) is 2.26. The van der Waals surface area contributed by atoms with Crippen LogP contribution in [0.1, 0.15) is 39.5 Å². The van der Waals surface area contributed by atoms with Gasteiger partial charge in [0.1, 0.15) is 0 Å². The van der Waals surface area contributed by atoms with Gasteiger partial charge in [0.15, 0.2) is 0 Å². The first-order chi connectivity index (χ1) is 10.3. The summed E-state index contributed by atoms with van der Waals surface area (Å²) < 4.78 is 8.50. The summed E-state index contributed by atoms with van der Waals surface area (Å²) in [7, 11) is 2.40. The summed E-state index contributed by atoms with van der Waals surface area (Å²) in [6, 6.07) is 0. The molecule has 0 bridgehead atoms. The summed E-state index contributed by atoms with van der Waals surface area (Å²) in [5.74, 6) is 0.0654. The molecule has 6 nitrogen and oxygen atoms in total. The summed E-state index contributed by atoms with van der Waals surface area (Å²) in [6.45, 7) is 3.66. The average molecular weight is 416 g/mol. The number of rotatable bonds is 6. The molecule has 0 radical (unpaired) electrons. The molecule has 0 aliphatic rings. The van der Waals surface area contributed by atoms with Crippen molar-refractivity contribution in [3.8, 4) is 18.8 Å². The van der Waals surface area contributed by atoms with Gasteiger partial charge >= 0.3 is 35.0 Å². The van der Waals surface area contributed by atoms with Gasteiger partial charge in [-0.2, -0.15) is 0 Å². The van der Waals surface area contributed by atoms with Gasteiger partial charge in [0.05, 0.1) is 14.2 Å². The van der Waals surface area contributed by atoms with Crippen molar-refractivity contribution in [3.05, 3.63) is 6.42 Å². The van der Waals surface area contributed by atoms with Crippen molar-refractivity contribution in [1.29, 1.82) is 0 Å². The minimum Gasteiger partial charge on any atom is -1.00 e. The van der Waals surface area contributed by atoms with E-state index in [4.69, 9.17) is 12.8 Å². The second kappa shape index (κ2) is 21.9. The van der Waals surface area contributed by atoms with E-state index in [0.717, 1.165) is 0 Å². The molecule has 0 saturated heterocycles. The predicted octanol–water partition coefficient (Wildman–Crippen LogP) is -2.32. The third-order valence-electron chi connectivity index (χ3n) is 2.26. The maximum atomic E-state index is 10.8. The number of ketones is 1. The summed E-state index contributed by atoms with van der Waals surface area (Å²) >= 11 is 0. The third kappa shape index (κ3) is 15.8. The first kappa shape index (κ1) is 34.3. The molecule has 0 aromatic rings. The zero-order valence-corrected chi connectivity index (χ0v) is 17.6. The number of aliphatic hydroxyl groups is 1. The van der Waals surface area contributed by atoms with E-state index in [2.05, 4.69) is 15.9 Å². The predicted molar refractivity (Wildman–Crippen MR) is 86.6 cm³/mol. The average Bonchev–Trinajstić information content (AvgIpc) is 2.55. The smallest absolute Gasteiger partial charge is 1.00 e. The number of carbonyl (C=O) groups is 3. The van der Waals surface area contributed by atoms with Gasteiger partial charge in [-0.25, -0.2) is 9.59 Å². The minimum absolute atomic E-state index is 0. The van der Waals surface area contributed by atoms with Gasteiger partial charge in [-0.05, 0) is 12.8 Å². The fraction of sp³-hybridized carbons (Fsp3) is 0.562. The fourth-order valence-electron chi connectivity index (χ4n) is 1.21. The van der Waals surface area contributed by atoms with Crippen molar-refractivity contribution in [2.24, 2.45) is 0 Å². The second-order valence-electron chi connectivity index (χ2n) is 3.91. The Hall–Kier alpha value is -1.06. The van der Waals surface area contributed by atoms with Crippen LogP contribution in [0.2, 0.25) is 0 Å². The number of hydrogen-bond donors (Lipinski definition) is 1. The van der Waals surface area contributed by atoms with Crippen LogP contribution in [0.25, 0.3) is 0 Å². The summed E-state index contributed by atoms with van der Waals surface area (Å²) in [6.07, 6.45) is 15.8. The number of methoxy groups -OCH3 is 2. The Kier molecular flexibility index (Phi) is 31.4. The van der Waals surface area contributed by atoms with Crippen LogP contribution in [-0.4, -0.2) is 65.7 Å². The first-order valence-corrected chi connectivity index (χ1v) is 6.51. The molecule has 1 unspecified atom stereocenters. The number of carbonyl (C=O) groups excluding carboxylic acids is 3. The zero-order valence-electron chi connectivity index (χ0n) is 14.6. The summed E-state index contributed by atoms with van der Waals surface area (Å²) in [4.78, 5) is 31.7. The van der Waals surface area contributed by atoms with Crippen molar-refractivity contribution in [2.75, 3.05) is 14.2 Å². The molecule has 1 atom stereocenters. The van der Waals surface area contributed by atoms with Crippen LogP contribution in [0.4, 0.5) is 0 Å². The number of terminal acetylenes is 2. The van der Waals surface area contributed by atoms with Crippen LogP contribution in [0, 0.1) is 25.2 Å². The van der Waals surface area contributed by atoms with Gasteiger partial charge in [0.25, 0.3) is 0 Å². The van der Waals surface area contributed by atoms with E-state index in [9.17, 15) is 19.5 Å². The Bertz CT molecular complexity index is 417. The van der Waals surface area contributed by atoms with Gasteiger partial charge in [0.2, 0.25) is 11.4 Å². The summed E-state index contributed by atoms with van der Waals surface area (Å²) in [5, 5.41) is 9.38. The quantitative estimate of drug-likeness (QED) is 0.172. The molecule has 24 heavy (non-hydrogen) atoms. The Morgan fingerprint density at radius 3 is 1.83 bits per heavy atom. The monoisotopic (exact) mass is 414 g/mol. The molecule has 132 valence electrons. The Balaban J connectivity index is -0.0000000854. The standard InChI is InChI=1S/C8H12O3.C6H10O3.C2H.BrH.Mg/c1-4-6-8(10,5-2)7(9)11-3;1-3-4-5(7)6(8)9-2;1-2;;/h2,10H,4,6H2,1,3H3;3-4H2,1-2H3;1H;1H;/q;;-1;;+2/p-1. The number of ether oxygens (including phenoxy) is 2. The van der Waals surface area contributed by atoms with Crippen LogP contribution in [0.15, 0.2) is 0 Å². The Labute approximate surface area is 171 Å². The molecule has 0 saturated carbocycles. The van der Waals surface area contributed by atoms with E-state index in [1.165, 1.54) is 14.2 Å². The molecule has 0 rings (SSSR count). The molecular formula is C16H23BrMgO6. The summed E-state index contributed by atoms with van der Waals surface area (Å²) in [5.41, 5.74) is -1.73. The maximum Gasteiger partial charge on any atom is 2.00 e. The van der Waals surface area contributed by atoms with Crippen molar-refractivity contribution in [1.82, 2.24) is 0 Å². The topological polar surface area (TPSA) is 89.9 Å². The molecule has 0 amide bonds. The molecule has 0 aromatic carbocycles. The molecule has 8 heteroatoms. The van der Waals surface area contributed by atoms with Crippen molar-refractivity contribution in [3.63, 3.8) is 0 Å². The molecule has 0 aromatic heterocycles. The van der Waals surface area contributed by atoms with Crippen LogP contribution < -0.4 is 17.0 Å². The van der Waals surface area contributed by atoms with Gasteiger partial charge in [0, 0.05) is 6.42 Å². The Morgan fingerprint density at radius 1 is 1.12 bits per heavy atom. The van der Waals surface area contributed by atoms with E-state index in [0.29, 0.717) is 12.8 Å². The van der Waals surface area contributed by atoms with Crippen LogP contribution in [-0.2, 0) is 23.9 Å². The van der Waals surface area contributed by atoms with Crippen molar-refractivity contribution >= 4 is 40.8 Å². The SMILES string of the molecule is C#CC(O)(CCC)C(=O)OC.CCCC(=O)C(=O)OC.[Br-].[C-]#C.[Mg+2]. The Morgan fingerprint density at radius 2 is 1.58 bits per heavy atom. The van der Waals surface area contributed by atoms with Gasteiger partial charge in [-0.3, -0.25) is 4.79 Å². The largest absolute Gasteiger partial charge is 2.00 e. The van der Waals surface area contributed by atoms with E-state index in [1.54, 1.807) is 0 Å². The van der Waals surface area contributed by atoms with Crippen LogP contribution in [0.3, 0.4) is 0 Å². The van der Waals surface area contributed by atoms with E-state index >= 15 is 0 Å². The normalized spacial score (nSPS) is 10.1.